The van der Waals surface area contributed by atoms with Crippen LogP contribution in [0.5, 0.6) is 0 Å². The van der Waals surface area contributed by atoms with Gasteiger partial charge in [0.25, 0.3) is 0 Å². The molecule has 140 valence electrons. The number of methoxy groups -OCH3 is 1. The molecular weight excluding hydrogens is 328 g/mol. The third-order valence-electron chi connectivity index (χ3n) is 5.30. The summed E-state index contributed by atoms with van der Waals surface area (Å²) >= 11 is 0. The summed E-state index contributed by atoms with van der Waals surface area (Å²) in [6.07, 6.45) is 5.39. The van der Waals surface area contributed by atoms with Crippen LogP contribution in [0, 0.1) is 0 Å². The van der Waals surface area contributed by atoms with Crippen LogP contribution in [-0.4, -0.2) is 54.3 Å². The first-order valence-electron chi connectivity index (χ1n) is 9.36. The zero-order valence-electron chi connectivity index (χ0n) is 15.6. The van der Waals surface area contributed by atoms with Gasteiger partial charge in [-0.25, -0.2) is 0 Å². The summed E-state index contributed by atoms with van der Waals surface area (Å²) in [5, 5.41) is 10.9. The fourth-order valence-corrected chi connectivity index (χ4v) is 3.81. The van der Waals surface area contributed by atoms with Crippen LogP contribution in [0.25, 0.3) is 10.9 Å². The predicted molar refractivity (Wildman–Crippen MR) is 103 cm³/mol. The molecule has 0 saturated carbocycles. The van der Waals surface area contributed by atoms with Crippen LogP contribution in [0.3, 0.4) is 0 Å². The molecule has 5 heteroatoms. The number of benzene rings is 1. The van der Waals surface area contributed by atoms with Gasteiger partial charge in [-0.1, -0.05) is 36.8 Å². The van der Waals surface area contributed by atoms with Crippen molar-refractivity contribution in [2.45, 2.75) is 32.1 Å². The normalized spacial score (nSPS) is 16.5. The van der Waals surface area contributed by atoms with E-state index < -0.39 is 11.9 Å². The molecule has 0 bridgehead atoms. The van der Waals surface area contributed by atoms with E-state index in [1.54, 1.807) is 0 Å². The minimum Gasteiger partial charge on any atom is -0.468 e. The summed E-state index contributed by atoms with van der Waals surface area (Å²) in [4.78, 5) is 18.0. The van der Waals surface area contributed by atoms with Gasteiger partial charge in [0.05, 0.1) is 13.7 Å². The van der Waals surface area contributed by atoms with Gasteiger partial charge >= 0.3 is 5.97 Å². The van der Waals surface area contributed by atoms with E-state index in [1.165, 1.54) is 12.7 Å². The molecule has 1 atom stereocenters. The highest BCUT2D eigenvalue weighted by Gasteiger charge is 2.26. The van der Waals surface area contributed by atoms with Crippen LogP contribution in [0.1, 0.15) is 36.9 Å². The fourth-order valence-electron chi connectivity index (χ4n) is 3.81. The number of aromatic amines is 1. The van der Waals surface area contributed by atoms with E-state index in [1.807, 2.05) is 18.2 Å². The number of fused-ring (bicyclic) bond motifs is 1. The van der Waals surface area contributed by atoms with Gasteiger partial charge in [0.15, 0.2) is 0 Å². The Kier molecular flexibility index (Phi) is 6.12. The predicted octanol–water partition coefficient (Wildman–Crippen LogP) is 3.00. The molecule has 1 aliphatic heterocycles. The maximum absolute atomic E-state index is 12.1. The van der Waals surface area contributed by atoms with Crippen LogP contribution < -0.4 is 0 Å². The number of H-pyrrole nitrogens is 1. The Bertz CT molecular complexity index is 794. The van der Waals surface area contributed by atoms with E-state index in [9.17, 15) is 9.90 Å². The molecule has 0 saturated heterocycles. The van der Waals surface area contributed by atoms with Crippen molar-refractivity contribution in [1.82, 2.24) is 9.88 Å². The molecule has 3 rings (SSSR count). The highest BCUT2D eigenvalue weighted by atomic mass is 16.5. The molecular formula is C21H28N2O3. The Labute approximate surface area is 154 Å². The number of rotatable bonds is 7. The van der Waals surface area contributed by atoms with Gasteiger partial charge in [-0.05, 0) is 30.9 Å². The first-order valence-corrected chi connectivity index (χ1v) is 9.36. The van der Waals surface area contributed by atoms with Crippen LogP contribution >= 0.6 is 0 Å². The quantitative estimate of drug-likeness (QED) is 0.591. The molecule has 0 amide bonds. The molecule has 2 heterocycles. The molecule has 2 aromatic rings. The average molecular weight is 356 g/mol. The van der Waals surface area contributed by atoms with Crippen molar-refractivity contribution >= 4 is 16.9 Å². The molecule has 1 aromatic carbocycles. The second-order valence-corrected chi connectivity index (χ2v) is 6.85. The lowest BCUT2D eigenvalue weighted by molar-refractivity contribution is -0.143. The van der Waals surface area contributed by atoms with Crippen molar-refractivity contribution in [3.05, 3.63) is 47.2 Å². The SMILES string of the molecule is CCC1=CCCN(CCc2c(C(CO)C(=O)OC)[nH]c3ccccc23)C1. The number of para-hydroxylation sites is 1. The Balaban J connectivity index is 1.87. The van der Waals surface area contributed by atoms with Crippen LogP contribution in [-0.2, 0) is 16.0 Å². The fraction of sp³-hybridized carbons (Fsp3) is 0.476. The Morgan fingerprint density at radius 1 is 1.38 bits per heavy atom. The number of carbonyl (C=O) groups is 1. The van der Waals surface area contributed by atoms with Gasteiger partial charge in [-0.15, -0.1) is 0 Å². The number of aromatic nitrogens is 1. The van der Waals surface area contributed by atoms with Gasteiger partial charge in [-0.3, -0.25) is 9.69 Å². The highest BCUT2D eigenvalue weighted by Crippen LogP contribution is 2.29. The van der Waals surface area contributed by atoms with E-state index in [0.717, 1.165) is 61.1 Å². The number of hydrogen-bond acceptors (Lipinski definition) is 4. The van der Waals surface area contributed by atoms with Crippen LogP contribution in [0.15, 0.2) is 35.9 Å². The van der Waals surface area contributed by atoms with E-state index in [0.29, 0.717) is 0 Å². The second kappa shape index (κ2) is 8.52. The molecule has 1 aliphatic rings. The zero-order valence-corrected chi connectivity index (χ0v) is 15.6. The molecule has 0 radical (unpaired) electrons. The molecule has 0 aliphatic carbocycles. The van der Waals surface area contributed by atoms with Crippen molar-refractivity contribution in [3.63, 3.8) is 0 Å². The molecule has 26 heavy (non-hydrogen) atoms. The second-order valence-electron chi connectivity index (χ2n) is 6.85. The number of nitrogens with zero attached hydrogens (tertiary/aromatic N) is 1. The summed E-state index contributed by atoms with van der Waals surface area (Å²) in [6.45, 7) is 4.97. The van der Waals surface area contributed by atoms with Crippen molar-refractivity contribution in [3.8, 4) is 0 Å². The van der Waals surface area contributed by atoms with Gasteiger partial charge in [0.1, 0.15) is 5.92 Å². The minimum absolute atomic E-state index is 0.265. The summed E-state index contributed by atoms with van der Waals surface area (Å²) in [5.74, 6) is -1.08. The smallest absolute Gasteiger partial charge is 0.317 e. The lowest BCUT2D eigenvalue weighted by Gasteiger charge is -2.27. The number of aliphatic hydroxyl groups excluding tert-OH is 1. The Morgan fingerprint density at radius 2 is 2.19 bits per heavy atom. The maximum atomic E-state index is 12.1. The molecule has 0 fully saturated rings. The minimum atomic E-state index is -0.671. The first kappa shape index (κ1) is 18.7. The Hall–Kier alpha value is -2.11. The number of hydrogen-bond donors (Lipinski definition) is 2. The molecule has 1 unspecified atom stereocenters. The topological polar surface area (TPSA) is 65.6 Å². The van der Waals surface area contributed by atoms with E-state index in [4.69, 9.17) is 4.74 Å². The van der Waals surface area contributed by atoms with E-state index in [2.05, 4.69) is 29.0 Å². The lowest BCUT2D eigenvalue weighted by atomic mass is 9.98. The van der Waals surface area contributed by atoms with Gasteiger partial charge < -0.3 is 14.8 Å². The molecule has 0 spiro atoms. The maximum Gasteiger partial charge on any atom is 0.317 e. The van der Waals surface area contributed by atoms with Gasteiger partial charge in [0.2, 0.25) is 0 Å². The monoisotopic (exact) mass is 356 g/mol. The van der Waals surface area contributed by atoms with Crippen molar-refractivity contribution in [2.24, 2.45) is 0 Å². The zero-order chi connectivity index (χ0) is 18.5. The number of carbonyl (C=O) groups excluding carboxylic acids is 1. The molecule has 2 N–H and O–H groups in total. The molecule has 5 nitrogen and oxygen atoms in total. The van der Waals surface area contributed by atoms with Crippen molar-refractivity contribution < 1.29 is 14.6 Å². The summed E-state index contributed by atoms with van der Waals surface area (Å²) < 4.78 is 4.89. The number of nitrogens with one attached hydrogen (secondary N) is 1. The standard InChI is InChI=1S/C21H28N2O3/c1-3-15-7-6-11-23(13-15)12-10-17-16-8-4-5-9-19(16)22-20(17)18(14-24)21(25)26-2/h4-5,7-9,18,22,24H,3,6,10-14H2,1-2H3. The lowest BCUT2D eigenvalue weighted by Crippen LogP contribution is -2.32. The van der Waals surface area contributed by atoms with Gasteiger partial charge in [-0.2, -0.15) is 0 Å². The summed E-state index contributed by atoms with van der Waals surface area (Å²) in [7, 11) is 1.36. The average Bonchev–Trinajstić information content (AvgIpc) is 3.05. The number of esters is 1. The largest absolute Gasteiger partial charge is 0.468 e. The Morgan fingerprint density at radius 3 is 2.92 bits per heavy atom. The van der Waals surface area contributed by atoms with Crippen LogP contribution in [0.4, 0.5) is 0 Å². The highest BCUT2D eigenvalue weighted by molar-refractivity contribution is 5.88. The summed E-state index contributed by atoms with van der Waals surface area (Å²) in [5.41, 5.74) is 4.38. The van der Waals surface area contributed by atoms with Gasteiger partial charge in [0, 0.05) is 36.2 Å². The van der Waals surface area contributed by atoms with Crippen LogP contribution in [0.2, 0.25) is 0 Å². The molecule has 1 aromatic heterocycles. The number of aliphatic hydroxyl groups is 1. The van der Waals surface area contributed by atoms with Crippen molar-refractivity contribution in [1.29, 1.82) is 0 Å². The third-order valence-corrected chi connectivity index (χ3v) is 5.30. The third kappa shape index (κ3) is 3.84. The van der Waals surface area contributed by atoms with Crippen molar-refractivity contribution in [2.75, 3.05) is 33.4 Å². The van der Waals surface area contributed by atoms with E-state index >= 15 is 0 Å². The number of ether oxygens (including phenoxy) is 1. The summed E-state index contributed by atoms with van der Waals surface area (Å²) in [6, 6.07) is 8.06. The first-order chi connectivity index (χ1) is 12.7. The van der Waals surface area contributed by atoms with E-state index in [-0.39, 0.29) is 6.61 Å².